The lowest BCUT2D eigenvalue weighted by atomic mass is 9.76. The summed E-state index contributed by atoms with van der Waals surface area (Å²) in [5.74, 6) is 0.316. The van der Waals surface area contributed by atoms with Gasteiger partial charge in [-0.05, 0) is 50.0 Å². The quantitative estimate of drug-likeness (QED) is 0.473. The number of halogens is 4. The number of rotatable bonds is 9. The number of alkyl halides is 4. The maximum Gasteiger partial charge on any atom is 0.422 e. The van der Waals surface area contributed by atoms with Crippen LogP contribution in [0.15, 0.2) is 18.3 Å². The largest absolute Gasteiger partial charge is 0.468 e. The summed E-state index contributed by atoms with van der Waals surface area (Å²) < 4.78 is 57.6. The van der Waals surface area contributed by atoms with Crippen molar-refractivity contribution >= 4 is 5.78 Å². The van der Waals surface area contributed by atoms with Crippen molar-refractivity contribution < 1.29 is 27.1 Å². The number of aryl methyl sites for hydroxylation is 1. The Morgan fingerprint density at radius 1 is 1.19 bits per heavy atom. The van der Waals surface area contributed by atoms with E-state index in [1.54, 1.807) is 19.3 Å². The highest BCUT2D eigenvalue weighted by atomic mass is 19.4. The molecular weight excluding hydrogens is 478 g/mol. The number of carbonyl (C=O) groups is 1. The number of Topliss-reactive ketones (excluding diaryl/α,β-unsaturated/α-hetero) is 1. The fourth-order valence-electron chi connectivity index (χ4n) is 5.14. The summed E-state index contributed by atoms with van der Waals surface area (Å²) >= 11 is 0. The van der Waals surface area contributed by atoms with Crippen LogP contribution in [-0.4, -0.2) is 68.7 Å². The number of ether oxygens (including phenoxy) is 1. The lowest BCUT2D eigenvalue weighted by molar-refractivity contribution is -0.154. The Labute approximate surface area is 208 Å². The second-order valence-electron chi connectivity index (χ2n) is 10.1. The van der Waals surface area contributed by atoms with Gasteiger partial charge in [0.2, 0.25) is 5.88 Å². The van der Waals surface area contributed by atoms with E-state index >= 15 is 4.39 Å². The fourth-order valence-corrected chi connectivity index (χ4v) is 5.14. The van der Waals surface area contributed by atoms with Gasteiger partial charge in [0.15, 0.2) is 6.61 Å². The van der Waals surface area contributed by atoms with Crippen LogP contribution in [0.2, 0.25) is 0 Å². The molecule has 0 bridgehead atoms. The van der Waals surface area contributed by atoms with Crippen LogP contribution in [0.5, 0.6) is 5.88 Å². The van der Waals surface area contributed by atoms with Crippen molar-refractivity contribution in [1.29, 1.82) is 0 Å². The van der Waals surface area contributed by atoms with E-state index < -0.39 is 18.5 Å². The predicted molar refractivity (Wildman–Crippen MR) is 124 cm³/mol. The minimum Gasteiger partial charge on any atom is -0.468 e. The van der Waals surface area contributed by atoms with Gasteiger partial charge in [-0.15, -0.1) is 0 Å². The molecule has 0 atom stereocenters. The minimum absolute atomic E-state index is 0.0193. The van der Waals surface area contributed by atoms with Gasteiger partial charge in [0.05, 0.1) is 18.3 Å². The topological polar surface area (TPSA) is 73.1 Å². The molecular formula is C25H33F4N5O2. The molecule has 36 heavy (non-hydrogen) atoms. The van der Waals surface area contributed by atoms with E-state index in [1.165, 1.54) is 10.9 Å². The molecule has 0 radical (unpaired) electrons. The molecule has 1 aliphatic carbocycles. The number of aromatic nitrogens is 4. The number of hydrogen-bond donors (Lipinski definition) is 0. The summed E-state index contributed by atoms with van der Waals surface area (Å²) in [7, 11) is 1.71. The molecule has 2 aliphatic rings. The van der Waals surface area contributed by atoms with E-state index in [9.17, 15) is 18.0 Å². The van der Waals surface area contributed by atoms with Crippen LogP contribution in [0.25, 0.3) is 0 Å². The molecule has 0 aromatic carbocycles. The molecule has 1 fully saturated rings. The number of pyridine rings is 1. The lowest BCUT2D eigenvalue weighted by Gasteiger charge is -2.35. The standard InChI is InChI=1S/C25H33F4N5O2/c1-33-30-16-20(32-33)15-21(35)14-18-4-8-24(26,9-5-18)10-13-34-11-6-19-2-3-23(31-22(19)7-12-34)36-17-25(27,28)29/h2-3,16,18H,4-15,17H2,1H3. The molecule has 0 amide bonds. The first-order chi connectivity index (χ1) is 17.1. The zero-order valence-electron chi connectivity index (χ0n) is 20.6. The minimum atomic E-state index is -4.40. The summed E-state index contributed by atoms with van der Waals surface area (Å²) in [5.41, 5.74) is 1.19. The van der Waals surface area contributed by atoms with E-state index in [0.29, 0.717) is 63.7 Å². The van der Waals surface area contributed by atoms with Crippen molar-refractivity contribution in [3.8, 4) is 5.88 Å². The smallest absolute Gasteiger partial charge is 0.422 e. The maximum atomic E-state index is 15.5. The van der Waals surface area contributed by atoms with Gasteiger partial charge in [-0.25, -0.2) is 9.37 Å². The zero-order chi connectivity index (χ0) is 25.8. The van der Waals surface area contributed by atoms with Gasteiger partial charge in [0, 0.05) is 51.3 Å². The van der Waals surface area contributed by atoms with Gasteiger partial charge in [-0.3, -0.25) is 4.79 Å². The third-order valence-corrected chi connectivity index (χ3v) is 7.21. The Balaban J connectivity index is 1.19. The van der Waals surface area contributed by atoms with Crippen molar-refractivity contribution in [2.45, 2.75) is 69.6 Å². The van der Waals surface area contributed by atoms with Crippen molar-refractivity contribution in [1.82, 2.24) is 24.9 Å². The average Bonchev–Trinajstić information content (AvgIpc) is 3.11. The summed E-state index contributed by atoms with van der Waals surface area (Å²) in [6, 6.07) is 3.26. The molecule has 3 heterocycles. The van der Waals surface area contributed by atoms with E-state index in [2.05, 4.69) is 20.1 Å². The van der Waals surface area contributed by atoms with Gasteiger partial charge < -0.3 is 9.64 Å². The molecule has 0 unspecified atom stereocenters. The van der Waals surface area contributed by atoms with Crippen molar-refractivity contribution in [3.63, 3.8) is 0 Å². The molecule has 11 heteroatoms. The van der Waals surface area contributed by atoms with Gasteiger partial charge in [-0.2, -0.15) is 28.2 Å². The van der Waals surface area contributed by atoms with E-state index in [1.807, 2.05) is 0 Å². The van der Waals surface area contributed by atoms with Crippen LogP contribution in [0, 0.1) is 5.92 Å². The van der Waals surface area contributed by atoms with Crippen LogP contribution < -0.4 is 4.74 Å². The van der Waals surface area contributed by atoms with Crippen LogP contribution in [0.3, 0.4) is 0 Å². The van der Waals surface area contributed by atoms with Crippen molar-refractivity contribution in [3.05, 3.63) is 35.3 Å². The van der Waals surface area contributed by atoms with E-state index in [4.69, 9.17) is 4.74 Å². The molecule has 1 aliphatic heterocycles. The molecule has 198 valence electrons. The Morgan fingerprint density at radius 3 is 2.64 bits per heavy atom. The highest BCUT2D eigenvalue weighted by Crippen LogP contribution is 2.39. The third-order valence-electron chi connectivity index (χ3n) is 7.21. The Bertz CT molecular complexity index is 1030. The van der Waals surface area contributed by atoms with Gasteiger partial charge in [-0.1, -0.05) is 6.07 Å². The van der Waals surface area contributed by atoms with Crippen LogP contribution in [0.1, 0.15) is 55.5 Å². The predicted octanol–water partition coefficient (Wildman–Crippen LogP) is 4.04. The number of hydrogen-bond acceptors (Lipinski definition) is 6. The van der Waals surface area contributed by atoms with Crippen LogP contribution in [0.4, 0.5) is 17.6 Å². The Kier molecular flexibility index (Phi) is 8.27. The fraction of sp³-hybridized carbons (Fsp3) is 0.680. The molecule has 2 aromatic rings. The Hall–Kier alpha value is -2.56. The van der Waals surface area contributed by atoms with Gasteiger partial charge >= 0.3 is 6.18 Å². The monoisotopic (exact) mass is 511 g/mol. The molecule has 7 nitrogen and oxygen atoms in total. The maximum absolute atomic E-state index is 15.5. The molecule has 2 aromatic heterocycles. The number of carbonyl (C=O) groups excluding carboxylic acids is 1. The van der Waals surface area contributed by atoms with Gasteiger partial charge in [0.1, 0.15) is 11.5 Å². The Morgan fingerprint density at radius 2 is 1.94 bits per heavy atom. The van der Waals surface area contributed by atoms with Crippen molar-refractivity contribution in [2.24, 2.45) is 13.0 Å². The van der Waals surface area contributed by atoms with Crippen LogP contribution in [-0.2, 0) is 31.1 Å². The number of ketones is 1. The molecule has 1 saturated carbocycles. The summed E-state index contributed by atoms with van der Waals surface area (Å²) in [6.07, 6.45) is 2.02. The average molecular weight is 512 g/mol. The molecule has 0 spiro atoms. The first-order valence-corrected chi connectivity index (χ1v) is 12.5. The molecule has 4 rings (SSSR count). The summed E-state index contributed by atoms with van der Waals surface area (Å²) in [5, 5.41) is 8.13. The zero-order valence-corrected chi connectivity index (χ0v) is 20.6. The third kappa shape index (κ3) is 7.72. The normalized spacial score (nSPS) is 23.2. The van der Waals surface area contributed by atoms with Crippen molar-refractivity contribution in [2.75, 3.05) is 26.2 Å². The highest BCUT2D eigenvalue weighted by molar-refractivity contribution is 5.80. The van der Waals surface area contributed by atoms with Gasteiger partial charge in [0.25, 0.3) is 0 Å². The number of fused-ring (bicyclic) bond motifs is 1. The van der Waals surface area contributed by atoms with Crippen LogP contribution >= 0.6 is 0 Å². The molecule has 0 saturated heterocycles. The SMILES string of the molecule is Cn1ncc(CC(=O)CC2CCC(F)(CCN3CCc4ccc(OCC(F)(F)F)nc4CC3)CC2)n1. The van der Waals surface area contributed by atoms with E-state index in [0.717, 1.165) is 24.2 Å². The highest BCUT2D eigenvalue weighted by Gasteiger charge is 2.36. The summed E-state index contributed by atoms with van der Waals surface area (Å²) in [4.78, 5) is 20.3. The first-order valence-electron chi connectivity index (χ1n) is 12.5. The molecule has 0 N–H and O–H groups in total. The number of nitrogens with zero attached hydrogens (tertiary/aromatic N) is 5. The lowest BCUT2D eigenvalue weighted by Crippen LogP contribution is -2.36. The summed E-state index contributed by atoms with van der Waals surface area (Å²) in [6.45, 7) is 0.698. The first kappa shape index (κ1) is 26.5. The van der Waals surface area contributed by atoms with E-state index in [-0.39, 0.29) is 24.0 Å². The second kappa shape index (κ2) is 11.2. The second-order valence-corrected chi connectivity index (χ2v) is 10.1.